The smallest absolute Gasteiger partial charge is 0.323 e. The first-order valence-corrected chi connectivity index (χ1v) is 6.89. The molecule has 120 valence electrons. The van der Waals surface area contributed by atoms with Crippen LogP contribution in [0.15, 0.2) is 18.2 Å². The van der Waals surface area contributed by atoms with Crippen molar-refractivity contribution in [3.63, 3.8) is 0 Å². The molecule has 0 unspecified atom stereocenters. The molecule has 0 heterocycles. The summed E-state index contributed by atoms with van der Waals surface area (Å²) in [7, 11) is 1.45. The summed E-state index contributed by atoms with van der Waals surface area (Å²) >= 11 is 0. The lowest BCUT2D eigenvalue weighted by Gasteiger charge is -2.20. The van der Waals surface area contributed by atoms with Gasteiger partial charge in [0.2, 0.25) is 5.91 Å². The number of nitrogens with zero attached hydrogens (tertiary/aromatic N) is 1. The topological polar surface area (TPSA) is 66.8 Å². The zero-order chi connectivity index (χ0) is 16.3. The van der Waals surface area contributed by atoms with Crippen LogP contribution in [-0.2, 0) is 14.3 Å². The molecule has 0 spiro atoms. The van der Waals surface area contributed by atoms with Gasteiger partial charge in [0.1, 0.15) is 6.54 Å². The molecular weight excluding hydrogens is 296 g/mol. The van der Waals surface area contributed by atoms with E-state index in [4.69, 9.17) is 9.84 Å². The number of hydrogen-bond donors (Lipinski definition) is 1. The summed E-state index contributed by atoms with van der Waals surface area (Å²) in [6, 6.07) is 3.87. The van der Waals surface area contributed by atoms with Crippen LogP contribution in [-0.4, -0.2) is 48.7 Å². The van der Waals surface area contributed by atoms with E-state index >= 15 is 0 Å². The molecule has 2 rings (SSSR count). The highest BCUT2D eigenvalue weighted by Gasteiger charge is 2.47. The van der Waals surface area contributed by atoms with Crippen molar-refractivity contribution in [2.75, 3.05) is 26.8 Å². The highest BCUT2D eigenvalue weighted by atomic mass is 19.2. The molecule has 0 radical (unpaired) electrons. The highest BCUT2D eigenvalue weighted by Crippen LogP contribution is 2.49. The fourth-order valence-corrected chi connectivity index (χ4v) is 2.48. The van der Waals surface area contributed by atoms with Crippen LogP contribution in [0.4, 0.5) is 8.78 Å². The maximum absolute atomic E-state index is 13.7. The Balaban J connectivity index is 2.07. The molecule has 22 heavy (non-hydrogen) atoms. The number of carbonyl (C=O) groups excluding carboxylic acids is 1. The van der Waals surface area contributed by atoms with Gasteiger partial charge in [-0.3, -0.25) is 9.59 Å². The molecule has 0 bridgehead atoms. The monoisotopic (exact) mass is 313 g/mol. The standard InChI is InChI=1S/C15H17F2NO4/c1-22-6-5-18(8-13(19)20)15(21)11-7-10(11)9-3-2-4-12(16)14(9)17/h2-4,10-11H,5-8H2,1H3,(H,19,20)/t10-,11+/m1/s1. The molecule has 1 aromatic rings. The maximum atomic E-state index is 13.7. The van der Waals surface area contributed by atoms with Gasteiger partial charge in [-0.25, -0.2) is 8.78 Å². The summed E-state index contributed by atoms with van der Waals surface area (Å²) in [4.78, 5) is 24.3. The molecule has 1 saturated carbocycles. The molecule has 0 saturated heterocycles. The molecule has 1 amide bonds. The summed E-state index contributed by atoms with van der Waals surface area (Å²) in [5.41, 5.74) is 0.167. The van der Waals surface area contributed by atoms with Gasteiger partial charge in [-0.05, 0) is 24.0 Å². The van der Waals surface area contributed by atoms with E-state index < -0.39 is 36.0 Å². The number of carboxylic acids is 1. The van der Waals surface area contributed by atoms with Crippen LogP contribution < -0.4 is 0 Å². The molecule has 2 atom stereocenters. The third-order valence-corrected chi connectivity index (χ3v) is 3.69. The van der Waals surface area contributed by atoms with Gasteiger partial charge >= 0.3 is 5.97 Å². The molecule has 1 aliphatic carbocycles. The summed E-state index contributed by atoms with van der Waals surface area (Å²) in [5, 5.41) is 8.85. The van der Waals surface area contributed by atoms with Crippen molar-refractivity contribution in [1.29, 1.82) is 0 Å². The molecular formula is C15H17F2NO4. The average Bonchev–Trinajstić information content (AvgIpc) is 3.25. The largest absolute Gasteiger partial charge is 0.480 e. The molecule has 1 fully saturated rings. The predicted molar refractivity (Wildman–Crippen MR) is 73.3 cm³/mol. The van der Waals surface area contributed by atoms with Crippen molar-refractivity contribution >= 4 is 11.9 Å². The van der Waals surface area contributed by atoms with Gasteiger partial charge in [-0.2, -0.15) is 0 Å². The minimum Gasteiger partial charge on any atom is -0.480 e. The molecule has 0 aliphatic heterocycles. The first-order chi connectivity index (χ1) is 10.5. The Bertz CT molecular complexity index is 579. The van der Waals surface area contributed by atoms with Crippen molar-refractivity contribution in [2.24, 2.45) is 5.92 Å². The SMILES string of the molecule is COCCN(CC(=O)O)C(=O)[C@H]1C[C@@H]1c1cccc(F)c1F. The second-order valence-corrected chi connectivity index (χ2v) is 5.24. The first kappa shape index (κ1) is 16.4. The van der Waals surface area contributed by atoms with E-state index in [2.05, 4.69) is 0 Å². The number of carbonyl (C=O) groups is 2. The third-order valence-electron chi connectivity index (χ3n) is 3.69. The Kier molecular flexibility index (Phi) is 5.07. The Morgan fingerprint density at radius 3 is 2.77 bits per heavy atom. The van der Waals surface area contributed by atoms with Crippen molar-refractivity contribution in [1.82, 2.24) is 4.90 Å². The second-order valence-electron chi connectivity index (χ2n) is 5.24. The van der Waals surface area contributed by atoms with Gasteiger partial charge < -0.3 is 14.7 Å². The zero-order valence-corrected chi connectivity index (χ0v) is 12.1. The molecule has 1 N–H and O–H groups in total. The number of halogens is 2. The number of rotatable bonds is 7. The van der Waals surface area contributed by atoms with E-state index in [-0.39, 0.29) is 24.6 Å². The second kappa shape index (κ2) is 6.83. The van der Waals surface area contributed by atoms with E-state index in [1.807, 2.05) is 0 Å². The van der Waals surface area contributed by atoms with Gasteiger partial charge in [0, 0.05) is 19.6 Å². The fraction of sp³-hybridized carbons (Fsp3) is 0.467. The highest BCUT2D eigenvalue weighted by molar-refractivity contribution is 5.86. The maximum Gasteiger partial charge on any atom is 0.323 e. The number of hydrogen-bond acceptors (Lipinski definition) is 3. The van der Waals surface area contributed by atoms with Gasteiger partial charge in [0.05, 0.1) is 6.61 Å². The molecule has 1 aromatic carbocycles. The normalized spacial score (nSPS) is 19.8. The van der Waals surface area contributed by atoms with Gasteiger partial charge in [0.15, 0.2) is 11.6 Å². The van der Waals surface area contributed by atoms with E-state index in [0.717, 1.165) is 6.07 Å². The molecule has 5 nitrogen and oxygen atoms in total. The zero-order valence-electron chi connectivity index (χ0n) is 12.1. The number of carboxylic acid groups (broad SMARTS) is 1. The van der Waals surface area contributed by atoms with Crippen LogP contribution in [0.2, 0.25) is 0 Å². The van der Waals surface area contributed by atoms with Crippen LogP contribution in [0, 0.1) is 17.6 Å². The van der Waals surface area contributed by atoms with Crippen LogP contribution in [0.5, 0.6) is 0 Å². The predicted octanol–water partition coefficient (Wildman–Crippen LogP) is 1.63. The van der Waals surface area contributed by atoms with Gasteiger partial charge in [-0.15, -0.1) is 0 Å². The van der Waals surface area contributed by atoms with Crippen LogP contribution in [0.3, 0.4) is 0 Å². The van der Waals surface area contributed by atoms with Crippen molar-refractivity contribution in [3.05, 3.63) is 35.4 Å². The lowest BCUT2D eigenvalue weighted by atomic mass is 10.1. The van der Waals surface area contributed by atoms with Gasteiger partial charge in [-0.1, -0.05) is 12.1 Å². The quantitative estimate of drug-likeness (QED) is 0.831. The number of methoxy groups -OCH3 is 1. The number of aliphatic carboxylic acids is 1. The minimum absolute atomic E-state index is 0.149. The third kappa shape index (κ3) is 3.59. The Hall–Kier alpha value is -2.02. The molecule has 7 heteroatoms. The van der Waals surface area contributed by atoms with E-state index in [9.17, 15) is 18.4 Å². The van der Waals surface area contributed by atoms with Crippen LogP contribution >= 0.6 is 0 Å². The molecule has 0 aromatic heterocycles. The first-order valence-electron chi connectivity index (χ1n) is 6.89. The lowest BCUT2D eigenvalue weighted by molar-refractivity contribution is -0.145. The van der Waals surface area contributed by atoms with Crippen molar-refractivity contribution in [2.45, 2.75) is 12.3 Å². The van der Waals surface area contributed by atoms with E-state index in [0.29, 0.717) is 6.42 Å². The van der Waals surface area contributed by atoms with Crippen LogP contribution in [0.1, 0.15) is 17.9 Å². The minimum atomic E-state index is -1.13. The summed E-state index contributed by atoms with van der Waals surface area (Å²) in [6.45, 7) is -0.0712. The lowest BCUT2D eigenvalue weighted by Crippen LogP contribution is -2.39. The van der Waals surface area contributed by atoms with E-state index in [1.165, 1.54) is 24.1 Å². The average molecular weight is 313 g/mol. The van der Waals surface area contributed by atoms with Crippen molar-refractivity contribution < 1.29 is 28.2 Å². The fourth-order valence-electron chi connectivity index (χ4n) is 2.48. The van der Waals surface area contributed by atoms with E-state index in [1.54, 1.807) is 0 Å². The number of amides is 1. The van der Waals surface area contributed by atoms with Crippen molar-refractivity contribution in [3.8, 4) is 0 Å². The summed E-state index contributed by atoms with van der Waals surface area (Å²) < 4.78 is 31.8. The Labute approximate surface area is 126 Å². The summed E-state index contributed by atoms with van der Waals surface area (Å²) in [5.74, 6) is -4.29. The van der Waals surface area contributed by atoms with Crippen LogP contribution in [0.25, 0.3) is 0 Å². The Morgan fingerprint density at radius 2 is 2.14 bits per heavy atom. The summed E-state index contributed by atoms with van der Waals surface area (Å²) in [6.07, 6.45) is 0.391. The van der Waals surface area contributed by atoms with Gasteiger partial charge in [0.25, 0.3) is 0 Å². The molecule has 1 aliphatic rings. The number of benzene rings is 1. The Morgan fingerprint density at radius 1 is 1.41 bits per heavy atom. The number of ether oxygens (including phenoxy) is 1.